The number of hydrogen-bond acceptors (Lipinski definition) is 5. The Balaban J connectivity index is 1.93. The lowest BCUT2D eigenvalue weighted by Gasteiger charge is -2.19. The van der Waals surface area contributed by atoms with E-state index >= 15 is 0 Å². The van der Waals surface area contributed by atoms with Gasteiger partial charge in [-0.2, -0.15) is 0 Å². The van der Waals surface area contributed by atoms with Crippen LogP contribution in [0.5, 0.6) is 0 Å². The zero-order chi connectivity index (χ0) is 24.0. The Morgan fingerprint density at radius 1 is 0.848 bits per heavy atom. The van der Waals surface area contributed by atoms with Gasteiger partial charge < -0.3 is 21.5 Å². The minimum Gasteiger partial charge on any atom is -0.481 e. The van der Waals surface area contributed by atoms with Crippen LogP contribution in [0, 0.1) is 0 Å². The maximum absolute atomic E-state index is 13.5. The predicted molar refractivity (Wildman–Crippen MR) is 123 cm³/mol. The number of rotatable bonds is 8. The number of nitrogens with two attached hydrogens (primary N) is 1. The summed E-state index contributed by atoms with van der Waals surface area (Å²) in [5, 5.41) is 12.9. The van der Waals surface area contributed by atoms with Crippen molar-refractivity contribution in [3.05, 3.63) is 90.0 Å². The highest BCUT2D eigenvalue weighted by molar-refractivity contribution is 7.91. The largest absolute Gasteiger partial charge is 0.481 e. The van der Waals surface area contributed by atoms with Gasteiger partial charge in [-0.1, -0.05) is 42.5 Å². The van der Waals surface area contributed by atoms with E-state index < -0.39 is 39.4 Å². The van der Waals surface area contributed by atoms with E-state index in [9.17, 15) is 27.9 Å². The standard InChI is InChI=1S/C23H21N3O6S/c24-23(30)25-17-12-10-16(11-13-17)22(29)26-18-8-4-5-9-19(18)33(31,32)20(14-21(27)28)15-6-2-1-3-7-15/h1-13,20H,14H2,(H,26,29)(H,27,28)(H3,24,25,30). The lowest BCUT2D eigenvalue weighted by molar-refractivity contribution is -0.137. The number of anilines is 2. The summed E-state index contributed by atoms with van der Waals surface area (Å²) in [6, 6.07) is 18.9. The fourth-order valence-electron chi connectivity index (χ4n) is 3.25. The lowest BCUT2D eigenvalue weighted by atomic mass is 10.1. The molecule has 9 nitrogen and oxygen atoms in total. The van der Waals surface area contributed by atoms with E-state index in [1.807, 2.05) is 0 Å². The van der Waals surface area contributed by atoms with Crippen LogP contribution in [0.1, 0.15) is 27.6 Å². The number of amides is 3. The van der Waals surface area contributed by atoms with E-state index in [1.165, 1.54) is 42.5 Å². The van der Waals surface area contributed by atoms with Crippen molar-refractivity contribution in [2.45, 2.75) is 16.6 Å². The van der Waals surface area contributed by atoms with Gasteiger partial charge in [-0.25, -0.2) is 13.2 Å². The molecule has 3 aromatic carbocycles. The van der Waals surface area contributed by atoms with Crippen LogP contribution in [-0.2, 0) is 14.6 Å². The molecule has 3 aromatic rings. The maximum atomic E-state index is 13.5. The number of nitrogens with one attached hydrogen (secondary N) is 2. The first-order chi connectivity index (χ1) is 15.7. The van der Waals surface area contributed by atoms with Crippen molar-refractivity contribution >= 4 is 39.1 Å². The van der Waals surface area contributed by atoms with Crippen molar-refractivity contribution < 1.29 is 27.9 Å². The van der Waals surface area contributed by atoms with Gasteiger partial charge in [0.15, 0.2) is 9.84 Å². The number of carbonyl (C=O) groups excluding carboxylic acids is 2. The second-order valence-corrected chi connectivity index (χ2v) is 9.16. The number of carboxylic acid groups (broad SMARTS) is 1. The predicted octanol–water partition coefficient (Wildman–Crippen LogP) is 3.42. The van der Waals surface area contributed by atoms with Gasteiger partial charge in [-0.3, -0.25) is 9.59 Å². The molecule has 0 aliphatic rings. The first-order valence-electron chi connectivity index (χ1n) is 9.76. The number of carboxylic acids is 1. The molecule has 0 bridgehead atoms. The van der Waals surface area contributed by atoms with E-state index in [2.05, 4.69) is 10.6 Å². The van der Waals surface area contributed by atoms with Gasteiger partial charge in [0.25, 0.3) is 5.91 Å². The fourth-order valence-corrected chi connectivity index (χ4v) is 5.12. The smallest absolute Gasteiger partial charge is 0.316 e. The van der Waals surface area contributed by atoms with Gasteiger partial charge in [-0.05, 0) is 42.0 Å². The summed E-state index contributed by atoms with van der Waals surface area (Å²) >= 11 is 0. The fraction of sp³-hybridized carbons (Fsp3) is 0.0870. The number of carbonyl (C=O) groups is 3. The van der Waals surface area contributed by atoms with Crippen molar-refractivity contribution in [2.24, 2.45) is 5.73 Å². The number of aliphatic carboxylic acids is 1. The van der Waals surface area contributed by atoms with E-state index in [4.69, 9.17) is 5.73 Å². The molecule has 1 unspecified atom stereocenters. The second kappa shape index (κ2) is 9.96. The van der Waals surface area contributed by atoms with Gasteiger partial charge in [0.2, 0.25) is 0 Å². The van der Waals surface area contributed by atoms with Crippen LogP contribution in [0.4, 0.5) is 16.2 Å². The third-order valence-corrected chi connectivity index (χ3v) is 6.92. The third kappa shape index (κ3) is 5.74. The highest BCUT2D eigenvalue weighted by Gasteiger charge is 2.33. The molecule has 5 N–H and O–H groups in total. The van der Waals surface area contributed by atoms with Gasteiger partial charge in [0, 0.05) is 11.3 Å². The average Bonchev–Trinajstić information content (AvgIpc) is 2.78. The van der Waals surface area contributed by atoms with Crippen LogP contribution >= 0.6 is 0 Å². The molecule has 0 spiro atoms. The van der Waals surface area contributed by atoms with Crippen LogP contribution in [0.2, 0.25) is 0 Å². The first-order valence-corrected chi connectivity index (χ1v) is 11.3. The zero-order valence-electron chi connectivity index (χ0n) is 17.3. The average molecular weight is 468 g/mol. The summed E-state index contributed by atoms with van der Waals surface area (Å²) in [7, 11) is -4.18. The van der Waals surface area contributed by atoms with Crippen LogP contribution in [0.3, 0.4) is 0 Å². The van der Waals surface area contributed by atoms with E-state index in [0.717, 1.165) is 0 Å². The summed E-state index contributed by atoms with van der Waals surface area (Å²) in [6.07, 6.45) is -0.636. The Morgan fingerprint density at radius 2 is 1.45 bits per heavy atom. The Kier molecular flexibility index (Phi) is 7.09. The number of para-hydroxylation sites is 1. The molecular formula is C23H21N3O6S. The Hall–Kier alpha value is -4.18. The highest BCUT2D eigenvalue weighted by atomic mass is 32.2. The van der Waals surface area contributed by atoms with Gasteiger partial charge in [0.1, 0.15) is 5.25 Å². The van der Waals surface area contributed by atoms with E-state index in [-0.39, 0.29) is 16.1 Å². The molecule has 1 atom stereocenters. The van der Waals surface area contributed by atoms with Crippen LogP contribution in [-0.4, -0.2) is 31.4 Å². The number of hydrogen-bond donors (Lipinski definition) is 4. The van der Waals surface area contributed by atoms with Crippen molar-refractivity contribution in [3.63, 3.8) is 0 Å². The first kappa shape index (κ1) is 23.5. The molecule has 3 amide bonds. The molecule has 170 valence electrons. The highest BCUT2D eigenvalue weighted by Crippen LogP contribution is 2.35. The summed E-state index contributed by atoms with van der Waals surface area (Å²) < 4.78 is 27.0. The summed E-state index contributed by atoms with van der Waals surface area (Å²) in [6.45, 7) is 0. The van der Waals surface area contributed by atoms with Crippen molar-refractivity contribution in [1.29, 1.82) is 0 Å². The van der Waals surface area contributed by atoms with Crippen molar-refractivity contribution in [2.75, 3.05) is 10.6 Å². The topological polar surface area (TPSA) is 156 Å². The second-order valence-electron chi connectivity index (χ2n) is 7.06. The lowest BCUT2D eigenvalue weighted by Crippen LogP contribution is -2.21. The summed E-state index contributed by atoms with van der Waals surface area (Å²) in [5.74, 6) is -1.85. The van der Waals surface area contributed by atoms with Crippen LogP contribution in [0.25, 0.3) is 0 Å². The minimum atomic E-state index is -4.18. The Labute approximate surface area is 190 Å². The Morgan fingerprint density at radius 3 is 2.06 bits per heavy atom. The Bertz CT molecular complexity index is 1280. The SMILES string of the molecule is NC(=O)Nc1ccc(C(=O)Nc2ccccc2S(=O)(=O)C(CC(=O)O)c2ccccc2)cc1. The molecule has 10 heteroatoms. The number of primary amides is 1. The van der Waals surface area contributed by atoms with Crippen molar-refractivity contribution in [1.82, 2.24) is 0 Å². The normalized spacial score (nSPS) is 11.9. The molecule has 3 rings (SSSR count). The van der Waals surface area contributed by atoms with Gasteiger partial charge >= 0.3 is 12.0 Å². The molecule has 0 radical (unpaired) electrons. The van der Waals surface area contributed by atoms with E-state index in [0.29, 0.717) is 11.3 Å². The molecule has 0 heterocycles. The molecule has 0 aromatic heterocycles. The van der Waals surface area contributed by atoms with E-state index in [1.54, 1.807) is 36.4 Å². The number of sulfone groups is 1. The molecule has 0 fully saturated rings. The molecule has 0 aliphatic carbocycles. The van der Waals surface area contributed by atoms with Gasteiger partial charge in [0.05, 0.1) is 17.0 Å². The molecule has 0 saturated heterocycles. The maximum Gasteiger partial charge on any atom is 0.316 e. The number of urea groups is 1. The summed E-state index contributed by atoms with van der Waals surface area (Å²) in [4.78, 5) is 34.9. The monoisotopic (exact) mass is 467 g/mol. The quantitative estimate of drug-likeness (QED) is 0.398. The molecule has 33 heavy (non-hydrogen) atoms. The molecular weight excluding hydrogens is 446 g/mol. The third-order valence-electron chi connectivity index (χ3n) is 4.76. The minimum absolute atomic E-state index is 0.0214. The molecule has 0 saturated carbocycles. The van der Waals surface area contributed by atoms with Crippen molar-refractivity contribution in [3.8, 4) is 0 Å². The van der Waals surface area contributed by atoms with Gasteiger partial charge in [-0.15, -0.1) is 0 Å². The number of benzene rings is 3. The van der Waals surface area contributed by atoms with Crippen LogP contribution < -0.4 is 16.4 Å². The van der Waals surface area contributed by atoms with Crippen LogP contribution in [0.15, 0.2) is 83.8 Å². The summed E-state index contributed by atoms with van der Waals surface area (Å²) in [5.41, 5.74) is 6.01. The zero-order valence-corrected chi connectivity index (χ0v) is 18.1. The molecule has 0 aliphatic heterocycles.